The van der Waals surface area contributed by atoms with Crippen LogP contribution in [0.15, 0.2) is 17.0 Å². The highest BCUT2D eigenvalue weighted by Gasteiger charge is 2.23. The topological polar surface area (TPSA) is 37.4 Å². The second kappa shape index (κ2) is 6.92. The average molecular weight is 318 g/mol. The zero-order valence-electron chi connectivity index (χ0n) is 12.9. The number of benzene rings is 1. The molecule has 0 heterocycles. The third-order valence-electron chi connectivity index (χ3n) is 3.49. The van der Waals surface area contributed by atoms with E-state index in [-0.39, 0.29) is 0 Å². The van der Waals surface area contributed by atoms with Crippen LogP contribution in [0.25, 0.3) is 0 Å². The fourth-order valence-corrected chi connectivity index (χ4v) is 3.75. The summed E-state index contributed by atoms with van der Waals surface area (Å²) in [7, 11) is -1.80. The molecule has 0 aliphatic carbocycles. The molecular weight excluding hydrogens is 294 g/mol. The molecule has 0 fully saturated rings. The highest BCUT2D eigenvalue weighted by atomic mass is 35.5. The monoisotopic (exact) mass is 317 g/mol. The van der Waals surface area contributed by atoms with Crippen molar-refractivity contribution in [3.05, 3.63) is 28.8 Å². The molecule has 0 aromatic heterocycles. The van der Waals surface area contributed by atoms with E-state index in [4.69, 9.17) is 11.6 Å². The number of aryl methyl sites for hydroxylation is 2. The third-order valence-corrected chi connectivity index (χ3v) is 5.77. The molecule has 0 amide bonds. The van der Waals surface area contributed by atoms with Crippen molar-refractivity contribution in [2.75, 3.05) is 13.6 Å². The summed E-state index contributed by atoms with van der Waals surface area (Å²) >= 11 is 5.88. The SMILES string of the molecule is Cc1cc(C)c(S(=O)(=O)N(C)CCC(C)C)cc1CCl. The van der Waals surface area contributed by atoms with Crippen molar-refractivity contribution in [2.24, 2.45) is 5.92 Å². The van der Waals surface area contributed by atoms with Crippen LogP contribution in [0.4, 0.5) is 0 Å². The molecular formula is C15H24ClNO2S. The van der Waals surface area contributed by atoms with Gasteiger partial charge in [-0.2, -0.15) is 0 Å². The summed E-state index contributed by atoms with van der Waals surface area (Å²) in [6.07, 6.45) is 0.850. The maximum absolute atomic E-state index is 12.6. The quantitative estimate of drug-likeness (QED) is 0.750. The summed E-state index contributed by atoms with van der Waals surface area (Å²) in [6, 6.07) is 3.60. The minimum Gasteiger partial charge on any atom is -0.207 e. The fraction of sp³-hybridized carbons (Fsp3) is 0.600. The first-order valence-electron chi connectivity index (χ1n) is 6.82. The van der Waals surface area contributed by atoms with Crippen LogP contribution in [-0.2, 0) is 15.9 Å². The Balaban J connectivity index is 3.15. The predicted molar refractivity (Wildman–Crippen MR) is 84.7 cm³/mol. The smallest absolute Gasteiger partial charge is 0.207 e. The molecule has 0 bridgehead atoms. The van der Waals surface area contributed by atoms with E-state index in [2.05, 4.69) is 13.8 Å². The fourth-order valence-electron chi connectivity index (χ4n) is 2.02. The van der Waals surface area contributed by atoms with E-state index < -0.39 is 10.0 Å². The zero-order chi connectivity index (χ0) is 15.5. The van der Waals surface area contributed by atoms with E-state index >= 15 is 0 Å². The van der Waals surface area contributed by atoms with Crippen molar-refractivity contribution in [1.82, 2.24) is 4.31 Å². The molecule has 114 valence electrons. The van der Waals surface area contributed by atoms with E-state index in [0.717, 1.165) is 23.1 Å². The molecule has 0 unspecified atom stereocenters. The van der Waals surface area contributed by atoms with Gasteiger partial charge >= 0.3 is 0 Å². The minimum atomic E-state index is -3.44. The average Bonchev–Trinajstić information content (AvgIpc) is 2.35. The van der Waals surface area contributed by atoms with Crippen LogP contribution in [0.5, 0.6) is 0 Å². The van der Waals surface area contributed by atoms with Crippen LogP contribution in [-0.4, -0.2) is 26.3 Å². The molecule has 20 heavy (non-hydrogen) atoms. The summed E-state index contributed by atoms with van der Waals surface area (Å²) < 4.78 is 26.7. The Hall–Kier alpha value is -0.580. The molecule has 0 atom stereocenters. The summed E-state index contributed by atoms with van der Waals surface area (Å²) in [6.45, 7) is 8.48. The van der Waals surface area contributed by atoms with Gasteiger partial charge in [-0.15, -0.1) is 11.6 Å². The molecule has 1 rings (SSSR count). The van der Waals surface area contributed by atoms with Gasteiger partial charge in [-0.3, -0.25) is 0 Å². The van der Waals surface area contributed by atoms with Crippen molar-refractivity contribution in [3.8, 4) is 0 Å². The molecule has 5 heteroatoms. The van der Waals surface area contributed by atoms with E-state index in [0.29, 0.717) is 23.2 Å². The second-order valence-electron chi connectivity index (χ2n) is 5.69. The molecule has 1 aromatic rings. The predicted octanol–water partition coefficient (Wildman–Crippen LogP) is 3.71. The first-order valence-corrected chi connectivity index (χ1v) is 8.80. The van der Waals surface area contributed by atoms with E-state index in [1.807, 2.05) is 19.9 Å². The Kier molecular flexibility index (Phi) is 6.05. The van der Waals surface area contributed by atoms with Crippen molar-refractivity contribution in [1.29, 1.82) is 0 Å². The van der Waals surface area contributed by atoms with Crippen LogP contribution >= 0.6 is 11.6 Å². The number of hydrogen-bond donors (Lipinski definition) is 0. The van der Waals surface area contributed by atoms with Crippen molar-refractivity contribution >= 4 is 21.6 Å². The number of alkyl halides is 1. The third kappa shape index (κ3) is 3.96. The lowest BCUT2D eigenvalue weighted by molar-refractivity contribution is 0.428. The summed E-state index contributed by atoms with van der Waals surface area (Å²) in [5.41, 5.74) is 2.67. The first kappa shape index (κ1) is 17.5. The Morgan fingerprint density at radius 1 is 1.20 bits per heavy atom. The molecule has 0 spiro atoms. The van der Waals surface area contributed by atoms with Gasteiger partial charge in [0.25, 0.3) is 0 Å². The van der Waals surface area contributed by atoms with Crippen LogP contribution in [0.1, 0.15) is 37.0 Å². The van der Waals surface area contributed by atoms with Gasteiger partial charge in [-0.1, -0.05) is 19.9 Å². The van der Waals surface area contributed by atoms with Gasteiger partial charge in [0.15, 0.2) is 0 Å². The number of hydrogen-bond acceptors (Lipinski definition) is 2. The van der Waals surface area contributed by atoms with E-state index in [9.17, 15) is 8.42 Å². The maximum Gasteiger partial charge on any atom is 0.243 e. The number of halogens is 1. The van der Waals surface area contributed by atoms with Crippen molar-refractivity contribution in [2.45, 2.75) is 44.9 Å². The van der Waals surface area contributed by atoms with Gasteiger partial charge in [-0.05, 0) is 48.9 Å². The number of nitrogens with zero attached hydrogens (tertiary/aromatic N) is 1. The van der Waals surface area contributed by atoms with Crippen LogP contribution < -0.4 is 0 Å². The van der Waals surface area contributed by atoms with Crippen LogP contribution in [0, 0.1) is 19.8 Å². The molecule has 1 aromatic carbocycles. The zero-order valence-corrected chi connectivity index (χ0v) is 14.5. The van der Waals surface area contributed by atoms with Gasteiger partial charge in [0.1, 0.15) is 0 Å². The van der Waals surface area contributed by atoms with Crippen molar-refractivity contribution < 1.29 is 8.42 Å². The first-order chi connectivity index (χ1) is 9.20. The highest BCUT2D eigenvalue weighted by molar-refractivity contribution is 7.89. The second-order valence-corrected chi connectivity index (χ2v) is 7.97. The van der Waals surface area contributed by atoms with E-state index in [1.165, 1.54) is 4.31 Å². The largest absolute Gasteiger partial charge is 0.243 e. The maximum atomic E-state index is 12.6. The molecule has 3 nitrogen and oxygen atoms in total. The number of rotatable bonds is 6. The minimum absolute atomic E-state index is 0.324. The normalized spacial score (nSPS) is 12.4. The Morgan fingerprint density at radius 3 is 2.30 bits per heavy atom. The summed E-state index contributed by atoms with van der Waals surface area (Å²) in [4.78, 5) is 0.366. The lowest BCUT2D eigenvalue weighted by atomic mass is 10.1. The van der Waals surface area contributed by atoms with Gasteiger partial charge in [0.2, 0.25) is 10.0 Å². The lowest BCUT2D eigenvalue weighted by Crippen LogP contribution is -2.29. The molecule has 0 saturated carbocycles. The summed E-state index contributed by atoms with van der Waals surface area (Å²) in [5, 5.41) is 0. The molecule has 0 radical (unpaired) electrons. The van der Waals surface area contributed by atoms with Gasteiger partial charge < -0.3 is 0 Å². The van der Waals surface area contributed by atoms with Crippen LogP contribution in [0.2, 0.25) is 0 Å². The standard InChI is InChI=1S/C15H24ClNO2S/c1-11(2)6-7-17(5)20(18,19)15-9-14(10-16)12(3)8-13(15)4/h8-9,11H,6-7,10H2,1-5H3. The molecule has 0 N–H and O–H groups in total. The molecule has 0 aliphatic rings. The Labute approximate surface area is 128 Å². The van der Waals surface area contributed by atoms with Crippen LogP contribution in [0.3, 0.4) is 0 Å². The molecule has 0 saturated heterocycles. The van der Waals surface area contributed by atoms with Crippen molar-refractivity contribution in [3.63, 3.8) is 0 Å². The number of sulfonamides is 1. The molecule has 0 aliphatic heterocycles. The Bertz CT molecular complexity index is 567. The highest BCUT2D eigenvalue weighted by Crippen LogP contribution is 2.24. The van der Waals surface area contributed by atoms with Gasteiger partial charge in [0, 0.05) is 19.5 Å². The van der Waals surface area contributed by atoms with Gasteiger partial charge in [0.05, 0.1) is 4.90 Å². The lowest BCUT2D eigenvalue weighted by Gasteiger charge is -2.20. The summed E-state index contributed by atoms with van der Waals surface area (Å²) in [5.74, 6) is 0.801. The van der Waals surface area contributed by atoms with E-state index in [1.54, 1.807) is 13.1 Å². The van der Waals surface area contributed by atoms with Gasteiger partial charge in [-0.25, -0.2) is 12.7 Å². The Morgan fingerprint density at radius 2 is 1.80 bits per heavy atom.